The third kappa shape index (κ3) is 21.5. The van der Waals surface area contributed by atoms with Crippen LogP contribution in [0, 0.1) is 24.8 Å². The Morgan fingerprint density at radius 3 is 1.50 bits per heavy atom. The van der Waals surface area contributed by atoms with Gasteiger partial charge in [-0.05, 0) is 90.8 Å². The molecule has 50 heavy (non-hydrogen) atoms. The van der Waals surface area contributed by atoms with Gasteiger partial charge in [-0.1, -0.05) is 0 Å². The summed E-state index contributed by atoms with van der Waals surface area (Å²) in [5, 5.41) is 0. The number of alkyl halides is 2. The minimum atomic E-state index is -0.310. The SMILES string of the molecule is CN(C)CCCl.CN(C)CCCl.Cl.N.O.[C-]#[N+]C(CCN(C)C)c1coc(-c2ccc(F)cc2)n1.[C-]#[N+]Cc1coc(-c2ccc(F)cc2)n1. The van der Waals surface area contributed by atoms with Crippen molar-refractivity contribution in [2.45, 2.75) is 19.0 Å². The average molecular weight is 762 g/mol. The molecule has 11 nitrogen and oxygen atoms in total. The quantitative estimate of drug-likeness (QED) is 0.122. The second kappa shape index (κ2) is 29.1. The first-order valence-corrected chi connectivity index (χ1v) is 15.7. The van der Waals surface area contributed by atoms with Crippen molar-refractivity contribution in [2.75, 3.05) is 73.7 Å². The van der Waals surface area contributed by atoms with Gasteiger partial charge in [0.25, 0.3) is 12.6 Å². The highest BCUT2D eigenvalue weighted by atomic mass is 35.5. The van der Waals surface area contributed by atoms with Gasteiger partial charge in [-0.2, -0.15) is 0 Å². The molecule has 0 saturated heterocycles. The van der Waals surface area contributed by atoms with Gasteiger partial charge in [0.2, 0.25) is 11.8 Å². The summed E-state index contributed by atoms with van der Waals surface area (Å²) in [7, 11) is 11.9. The molecule has 0 bridgehead atoms. The van der Waals surface area contributed by atoms with E-state index in [9.17, 15) is 8.78 Å². The van der Waals surface area contributed by atoms with Crippen LogP contribution in [0.25, 0.3) is 32.6 Å². The van der Waals surface area contributed by atoms with Crippen molar-refractivity contribution in [1.82, 2.24) is 30.8 Å². The third-order valence-corrected chi connectivity index (χ3v) is 6.25. The highest BCUT2D eigenvalue weighted by Crippen LogP contribution is 2.25. The van der Waals surface area contributed by atoms with E-state index >= 15 is 0 Å². The first-order valence-electron chi connectivity index (χ1n) is 14.6. The van der Waals surface area contributed by atoms with Crippen LogP contribution in [-0.2, 0) is 6.54 Å². The zero-order valence-corrected chi connectivity index (χ0v) is 31.7. The Morgan fingerprint density at radius 1 is 0.720 bits per heavy atom. The monoisotopic (exact) mass is 760 g/mol. The van der Waals surface area contributed by atoms with Crippen LogP contribution in [0.1, 0.15) is 23.9 Å². The summed E-state index contributed by atoms with van der Waals surface area (Å²) >= 11 is 10.7. The zero-order chi connectivity index (χ0) is 35.2. The van der Waals surface area contributed by atoms with E-state index in [0.717, 1.165) is 31.4 Å². The van der Waals surface area contributed by atoms with Gasteiger partial charge >= 0.3 is 0 Å². The lowest BCUT2D eigenvalue weighted by Gasteiger charge is -2.08. The Bertz CT molecular complexity index is 1480. The predicted molar refractivity (Wildman–Crippen MR) is 201 cm³/mol. The second-order valence-electron chi connectivity index (χ2n) is 10.8. The Kier molecular flexibility index (Phi) is 29.6. The maximum absolute atomic E-state index is 12.9. The summed E-state index contributed by atoms with van der Waals surface area (Å²) in [6, 6.07) is 11.5. The molecule has 2 aromatic carbocycles. The molecule has 16 heteroatoms. The average Bonchev–Trinajstić information content (AvgIpc) is 3.70. The van der Waals surface area contributed by atoms with E-state index in [4.69, 9.17) is 45.2 Å². The van der Waals surface area contributed by atoms with Gasteiger partial charge in [-0.15, -0.1) is 35.6 Å². The van der Waals surface area contributed by atoms with Gasteiger partial charge in [0.05, 0.1) is 0 Å². The molecule has 0 radical (unpaired) electrons. The number of halogens is 5. The molecule has 0 spiro atoms. The largest absolute Gasteiger partial charge is 0.444 e. The molecule has 2 aromatic heterocycles. The molecule has 0 aliphatic heterocycles. The molecule has 1 unspecified atom stereocenters. The van der Waals surface area contributed by atoms with Gasteiger partial charge in [-0.3, -0.25) is 0 Å². The van der Waals surface area contributed by atoms with Crippen molar-refractivity contribution in [2.24, 2.45) is 0 Å². The van der Waals surface area contributed by atoms with Crippen LogP contribution < -0.4 is 6.15 Å². The molecular formula is C34H49Cl3F2N8O3. The summed E-state index contributed by atoms with van der Waals surface area (Å²) in [4.78, 5) is 21.3. The molecule has 0 fully saturated rings. The van der Waals surface area contributed by atoms with Crippen LogP contribution in [0.3, 0.4) is 0 Å². The summed E-state index contributed by atoms with van der Waals surface area (Å²) in [5.41, 5.74) is 2.62. The van der Waals surface area contributed by atoms with Gasteiger partial charge in [0.1, 0.15) is 24.2 Å². The highest BCUT2D eigenvalue weighted by Gasteiger charge is 2.21. The van der Waals surface area contributed by atoms with Crippen LogP contribution in [0.4, 0.5) is 8.78 Å². The lowest BCUT2D eigenvalue weighted by atomic mass is 10.1. The van der Waals surface area contributed by atoms with Crippen LogP contribution in [0.2, 0.25) is 0 Å². The van der Waals surface area contributed by atoms with E-state index in [1.54, 1.807) is 24.3 Å². The smallest absolute Gasteiger partial charge is 0.269 e. The van der Waals surface area contributed by atoms with E-state index in [0.29, 0.717) is 40.7 Å². The number of nitrogens with zero attached hydrogens (tertiary/aromatic N) is 7. The van der Waals surface area contributed by atoms with E-state index in [-0.39, 0.29) is 48.3 Å². The Balaban J connectivity index is -0.000000651. The number of hydrogen-bond donors (Lipinski definition) is 1. The lowest BCUT2D eigenvalue weighted by molar-refractivity contribution is 0.390. The molecule has 0 saturated carbocycles. The molecule has 1 atom stereocenters. The van der Waals surface area contributed by atoms with Crippen molar-refractivity contribution in [3.8, 4) is 22.9 Å². The van der Waals surface area contributed by atoms with Crippen LogP contribution in [0.15, 0.2) is 69.9 Å². The molecular weight excluding hydrogens is 713 g/mol. The molecule has 278 valence electrons. The van der Waals surface area contributed by atoms with Crippen molar-refractivity contribution < 1.29 is 23.1 Å². The Labute approximate surface area is 311 Å². The first-order chi connectivity index (χ1) is 22.4. The van der Waals surface area contributed by atoms with Crippen molar-refractivity contribution in [3.05, 3.63) is 107 Å². The van der Waals surface area contributed by atoms with Crippen LogP contribution >= 0.6 is 35.6 Å². The fourth-order valence-corrected chi connectivity index (χ4v) is 4.02. The fourth-order valence-electron chi connectivity index (χ4n) is 3.35. The molecule has 2 heterocycles. The molecule has 0 aliphatic rings. The topological polar surface area (TPSA) is 137 Å². The summed E-state index contributed by atoms with van der Waals surface area (Å²) in [6.07, 6.45) is 3.65. The fraction of sp³-hybridized carbons (Fsp3) is 0.412. The second-order valence-corrected chi connectivity index (χ2v) is 11.5. The molecule has 4 rings (SSSR count). The van der Waals surface area contributed by atoms with Crippen molar-refractivity contribution >= 4 is 35.6 Å². The maximum atomic E-state index is 12.9. The molecule has 0 amide bonds. The Morgan fingerprint density at radius 2 is 1.14 bits per heavy atom. The van der Waals surface area contributed by atoms with Gasteiger partial charge in [-0.25, -0.2) is 31.9 Å². The predicted octanol–water partition coefficient (Wildman–Crippen LogP) is 7.63. The summed E-state index contributed by atoms with van der Waals surface area (Å²) in [5.74, 6) is 1.68. The summed E-state index contributed by atoms with van der Waals surface area (Å²) < 4.78 is 36.1. The van der Waals surface area contributed by atoms with Crippen molar-refractivity contribution in [1.29, 1.82) is 0 Å². The van der Waals surface area contributed by atoms with Crippen LogP contribution in [-0.4, -0.2) is 104 Å². The number of oxazole rings is 2. The maximum Gasteiger partial charge on any atom is 0.269 e. The third-order valence-electron chi connectivity index (χ3n) is 5.91. The first kappa shape index (κ1) is 50.7. The molecule has 4 aromatic rings. The molecule has 0 aliphatic carbocycles. The number of aromatic nitrogens is 2. The van der Waals surface area contributed by atoms with Gasteiger partial charge in [0, 0.05) is 48.9 Å². The van der Waals surface area contributed by atoms with E-state index < -0.39 is 0 Å². The van der Waals surface area contributed by atoms with E-state index in [2.05, 4.69) is 19.7 Å². The van der Waals surface area contributed by atoms with Crippen molar-refractivity contribution in [3.63, 3.8) is 0 Å². The minimum Gasteiger partial charge on any atom is -0.444 e. The lowest BCUT2D eigenvalue weighted by Crippen LogP contribution is -2.15. The highest BCUT2D eigenvalue weighted by molar-refractivity contribution is 6.18. The number of rotatable bonds is 11. The Hall–Kier alpha value is -3.63. The normalized spacial score (nSPS) is 10.3. The molecule has 5 N–H and O–H groups in total. The minimum absolute atomic E-state index is 0. The number of hydrogen-bond acceptors (Lipinski definition) is 8. The standard InChI is InChI=1S/C15H16FN3O.C11H7FN2O.2C4H10ClN.ClH.H3N.H2O/c1-17-13(8-9-19(2)3)14-10-20-15(18-14)11-4-6-12(16)7-5-11;1-13-6-10-7-15-11(14-10)8-2-4-9(12)5-3-8;2*1-6(2)4-3-5;;;/h4-7,10,13H,8-9H2,2-3H3;2-5,7H,6H2;2*3-4H2,1-2H3;1H;1H3;1H2. The zero-order valence-electron chi connectivity index (χ0n) is 29.4. The van der Waals surface area contributed by atoms with E-state index in [1.165, 1.54) is 36.8 Å². The summed E-state index contributed by atoms with van der Waals surface area (Å²) in [6.45, 7) is 16.9. The van der Waals surface area contributed by atoms with Gasteiger partial charge in [0.15, 0.2) is 11.4 Å². The number of benzene rings is 2. The van der Waals surface area contributed by atoms with E-state index in [1.807, 2.05) is 57.0 Å². The van der Waals surface area contributed by atoms with Gasteiger partial charge < -0.3 is 44.9 Å². The van der Waals surface area contributed by atoms with Crippen LogP contribution in [0.5, 0.6) is 0 Å².